The Morgan fingerprint density at radius 3 is 2.95 bits per heavy atom. The summed E-state index contributed by atoms with van der Waals surface area (Å²) in [5, 5.41) is 1.84. The standard InChI is InChI=1S/C13H17N3O2S/c1-8(2)6-11(17)16(3)7-10-14-9-4-5-19-12(9)13(18)15-10/h4-5,8H,6-7H2,1-3H3,(H,14,15,18). The summed E-state index contributed by atoms with van der Waals surface area (Å²) in [6, 6.07) is 1.81. The van der Waals surface area contributed by atoms with Gasteiger partial charge in [-0.3, -0.25) is 9.59 Å². The van der Waals surface area contributed by atoms with Gasteiger partial charge in [0.05, 0.1) is 12.1 Å². The maximum atomic E-state index is 11.9. The maximum absolute atomic E-state index is 11.9. The molecular formula is C13H17N3O2S. The minimum atomic E-state index is -0.139. The number of H-pyrrole nitrogens is 1. The van der Waals surface area contributed by atoms with Crippen LogP contribution in [0.2, 0.25) is 0 Å². The second-order valence-electron chi connectivity index (χ2n) is 5.00. The second kappa shape index (κ2) is 5.52. The Morgan fingerprint density at radius 1 is 1.53 bits per heavy atom. The summed E-state index contributed by atoms with van der Waals surface area (Å²) in [6.45, 7) is 4.33. The molecule has 2 rings (SSSR count). The molecular weight excluding hydrogens is 262 g/mol. The van der Waals surface area contributed by atoms with E-state index in [9.17, 15) is 9.59 Å². The quantitative estimate of drug-likeness (QED) is 0.930. The van der Waals surface area contributed by atoms with Crippen LogP contribution in [0, 0.1) is 5.92 Å². The smallest absolute Gasteiger partial charge is 0.268 e. The van der Waals surface area contributed by atoms with Crippen molar-refractivity contribution in [2.24, 2.45) is 5.92 Å². The van der Waals surface area contributed by atoms with Crippen LogP contribution in [-0.4, -0.2) is 27.8 Å². The number of hydrogen-bond acceptors (Lipinski definition) is 4. The van der Waals surface area contributed by atoms with Gasteiger partial charge in [0.15, 0.2) is 0 Å². The van der Waals surface area contributed by atoms with Crippen LogP contribution < -0.4 is 5.56 Å². The summed E-state index contributed by atoms with van der Waals surface area (Å²) in [5.74, 6) is 0.903. The SMILES string of the molecule is CC(C)CC(=O)N(C)Cc1nc2ccsc2c(=O)[nH]1. The number of fused-ring (bicyclic) bond motifs is 1. The number of nitrogens with one attached hydrogen (secondary N) is 1. The number of carbonyl (C=O) groups excluding carboxylic acids is 1. The Hall–Kier alpha value is -1.69. The zero-order valence-electron chi connectivity index (χ0n) is 11.3. The van der Waals surface area contributed by atoms with Gasteiger partial charge in [-0.05, 0) is 17.4 Å². The van der Waals surface area contributed by atoms with Gasteiger partial charge in [0.1, 0.15) is 10.5 Å². The molecule has 6 heteroatoms. The Morgan fingerprint density at radius 2 is 2.26 bits per heavy atom. The van der Waals surface area contributed by atoms with Gasteiger partial charge in [-0.1, -0.05) is 13.8 Å². The number of aromatic nitrogens is 2. The van der Waals surface area contributed by atoms with Gasteiger partial charge in [-0.25, -0.2) is 4.98 Å². The Balaban J connectivity index is 2.17. The summed E-state index contributed by atoms with van der Waals surface area (Å²) < 4.78 is 0.625. The van der Waals surface area contributed by atoms with Crippen molar-refractivity contribution < 1.29 is 4.79 Å². The zero-order chi connectivity index (χ0) is 14.0. The van der Waals surface area contributed by atoms with Crippen LogP contribution in [0.3, 0.4) is 0 Å². The van der Waals surface area contributed by atoms with Crippen molar-refractivity contribution in [3.8, 4) is 0 Å². The summed E-state index contributed by atoms with van der Waals surface area (Å²) in [6.07, 6.45) is 0.501. The molecule has 1 N–H and O–H groups in total. The molecule has 0 spiro atoms. The Bertz CT molecular complexity index is 645. The lowest BCUT2D eigenvalue weighted by Gasteiger charge is -2.17. The third kappa shape index (κ3) is 3.20. The van der Waals surface area contributed by atoms with Gasteiger partial charge in [0.25, 0.3) is 5.56 Å². The van der Waals surface area contributed by atoms with Gasteiger partial charge in [-0.15, -0.1) is 11.3 Å². The molecule has 0 unspecified atom stereocenters. The molecule has 0 saturated carbocycles. The lowest BCUT2D eigenvalue weighted by Crippen LogP contribution is -2.29. The molecule has 1 amide bonds. The average molecular weight is 279 g/mol. The van der Waals surface area contributed by atoms with Crippen LogP contribution in [-0.2, 0) is 11.3 Å². The normalized spacial score (nSPS) is 11.2. The largest absolute Gasteiger partial charge is 0.338 e. The van der Waals surface area contributed by atoms with Gasteiger partial charge >= 0.3 is 0 Å². The Kier molecular flexibility index (Phi) is 3.99. The van der Waals surface area contributed by atoms with E-state index in [1.54, 1.807) is 11.9 Å². The minimum Gasteiger partial charge on any atom is -0.338 e. The predicted molar refractivity (Wildman–Crippen MR) is 76.2 cm³/mol. The van der Waals surface area contributed by atoms with Crippen molar-refractivity contribution in [2.45, 2.75) is 26.8 Å². The highest BCUT2D eigenvalue weighted by atomic mass is 32.1. The van der Waals surface area contributed by atoms with Gasteiger partial charge in [0, 0.05) is 13.5 Å². The third-order valence-electron chi connectivity index (χ3n) is 2.76. The molecule has 0 aromatic carbocycles. The van der Waals surface area contributed by atoms with E-state index in [0.717, 1.165) is 0 Å². The molecule has 0 aliphatic rings. The van der Waals surface area contributed by atoms with E-state index >= 15 is 0 Å². The second-order valence-corrected chi connectivity index (χ2v) is 5.91. The highest BCUT2D eigenvalue weighted by Crippen LogP contribution is 2.14. The highest BCUT2D eigenvalue weighted by molar-refractivity contribution is 7.17. The predicted octanol–water partition coefficient (Wildman–Crippen LogP) is 1.99. The lowest BCUT2D eigenvalue weighted by atomic mass is 10.1. The van der Waals surface area contributed by atoms with E-state index < -0.39 is 0 Å². The fraction of sp³-hybridized carbons (Fsp3) is 0.462. The summed E-state index contributed by atoms with van der Waals surface area (Å²) >= 11 is 1.37. The monoisotopic (exact) mass is 279 g/mol. The fourth-order valence-electron chi connectivity index (χ4n) is 1.81. The van der Waals surface area contributed by atoms with E-state index in [-0.39, 0.29) is 11.5 Å². The van der Waals surface area contributed by atoms with E-state index in [1.165, 1.54) is 11.3 Å². The molecule has 2 aromatic heterocycles. The first-order chi connectivity index (χ1) is 8.97. The van der Waals surface area contributed by atoms with E-state index in [2.05, 4.69) is 9.97 Å². The Labute approximate surface area is 115 Å². The van der Waals surface area contributed by atoms with Crippen molar-refractivity contribution in [3.05, 3.63) is 27.6 Å². The zero-order valence-corrected chi connectivity index (χ0v) is 12.1. The van der Waals surface area contributed by atoms with E-state index in [0.29, 0.717) is 34.9 Å². The first-order valence-corrected chi connectivity index (χ1v) is 7.05. The van der Waals surface area contributed by atoms with Gasteiger partial charge < -0.3 is 9.88 Å². The van der Waals surface area contributed by atoms with Crippen molar-refractivity contribution in [3.63, 3.8) is 0 Å². The number of amides is 1. The van der Waals surface area contributed by atoms with Gasteiger partial charge in [0.2, 0.25) is 5.91 Å². The maximum Gasteiger partial charge on any atom is 0.268 e. The molecule has 0 aliphatic carbocycles. The molecule has 0 bridgehead atoms. The van der Waals surface area contributed by atoms with Crippen LogP contribution >= 0.6 is 11.3 Å². The molecule has 102 valence electrons. The molecule has 2 heterocycles. The number of aromatic amines is 1. The van der Waals surface area contributed by atoms with Gasteiger partial charge in [-0.2, -0.15) is 0 Å². The summed E-state index contributed by atoms with van der Waals surface area (Å²) in [7, 11) is 1.72. The minimum absolute atomic E-state index is 0.0584. The van der Waals surface area contributed by atoms with E-state index in [4.69, 9.17) is 0 Å². The summed E-state index contributed by atoms with van der Waals surface area (Å²) in [4.78, 5) is 32.3. The van der Waals surface area contributed by atoms with Crippen molar-refractivity contribution in [2.75, 3.05) is 7.05 Å². The molecule has 0 aliphatic heterocycles. The topological polar surface area (TPSA) is 66.1 Å². The number of rotatable bonds is 4. The van der Waals surface area contributed by atoms with Crippen LogP contribution in [0.15, 0.2) is 16.2 Å². The molecule has 0 saturated heterocycles. The number of hydrogen-bond donors (Lipinski definition) is 1. The number of carbonyl (C=O) groups is 1. The summed E-state index contributed by atoms with van der Waals surface area (Å²) in [5.41, 5.74) is 0.549. The molecule has 2 aromatic rings. The van der Waals surface area contributed by atoms with Crippen LogP contribution in [0.25, 0.3) is 10.2 Å². The molecule has 0 fully saturated rings. The first-order valence-electron chi connectivity index (χ1n) is 6.17. The number of thiophene rings is 1. The highest BCUT2D eigenvalue weighted by Gasteiger charge is 2.13. The van der Waals surface area contributed by atoms with Crippen LogP contribution in [0.5, 0.6) is 0 Å². The first kappa shape index (κ1) is 13.7. The van der Waals surface area contributed by atoms with Crippen LogP contribution in [0.4, 0.5) is 0 Å². The third-order valence-corrected chi connectivity index (χ3v) is 3.66. The van der Waals surface area contributed by atoms with Crippen molar-refractivity contribution in [1.82, 2.24) is 14.9 Å². The average Bonchev–Trinajstić information content (AvgIpc) is 2.76. The fourth-order valence-corrected chi connectivity index (χ4v) is 2.54. The van der Waals surface area contributed by atoms with Crippen LogP contribution in [0.1, 0.15) is 26.1 Å². The van der Waals surface area contributed by atoms with E-state index in [1.807, 2.05) is 25.3 Å². The lowest BCUT2D eigenvalue weighted by molar-refractivity contribution is -0.131. The molecule has 5 nitrogen and oxygen atoms in total. The van der Waals surface area contributed by atoms with Crippen molar-refractivity contribution in [1.29, 1.82) is 0 Å². The molecule has 0 atom stereocenters. The van der Waals surface area contributed by atoms with Crippen molar-refractivity contribution >= 4 is 27.5 Å². The number of nitrogens with zero attached hydrogens (tertiary/aromatic N) is 2. The molecule has 19 heavy (non-hydrogen) atoms. The molecule has 0 radical (unpaired) electrons.